The highest BCUT2D eigenvalue weighted by Crippen LogP contribution is 2.54. The van der Waals surface area contributed by atoms with Crippen molar-refractivity contribution in [1.82, 2.24) is 5.32 Å². The summed E-state index contributed by atoms with van der Waals surface area (Å²) in [6.07, 6.45) is 6.11. The van der Waals surface area contributed by atoms with Gasteiger partial charge in [-0.1, -0.05) is 0 Å². The number of hydrogen-bond donors (Lipinski definition) is 1. The predicted octanol–water partition coefficient (Wildman–Crippen LogP) is 0.834. The fraction of sp³-hybridized carbons (Fsp3) is 0.900. The summed E-state index contributed by atoms with van der Waals surface area (Å²) in [7, 11) is 0. The van der Waals surface area contributed by atoms with Gasteiger partial charge in [0.15, 0.2) is 0 Å². The van der Waals surface area contributed by atoms with Crippen LogP contribution in [0.1, 0.15) is 32.1 Å². The summed E-state index contributed by atoms with van der Waals surface area (Å²) in [4.78, 5) is 11.2. The standard InChI is InChI=1S/C10H15NO2/c12-9-8(3-6-13-9)11-10(4-5-10)7-1-2-7/h7-8,11H,1-6H2. The Bertz CT molecular complexity index is 243. The number of esters is 1. The smallest absolute Gasteiger partial charge is 0.323 e. The van der Waals surface area contributed by atoms with Gasteiger partial charge < -0.3 is 4.74 Å². The number of carbonyl (C=O) groups is 1. The van der Waals surface area contributed by atoms with Crippen molar-refractivity contribution in [3.05, 3.63) is 0 Å². The van der Waals surface area contributed by atoms with Crippen LogP contribution in [0.5, 0.6) is 0 Å². The molecule has 1 aliphatic heterocycles. The largest absolute Gasteiger partial charge is 0.464 e. The molecule has 3 nitrogen and oxygen atoms in total. The summed E-state index contributed by atoms with van der Waals surface area (Å²) >= 11 is 0. The van der Waals surface area contributed by atoms with E-state index in [0.29, 0.717) is 12.1 Å². The Morgan fingerprint density at radius 1 is 1.31 bits per heavy atom. The van der Waals surface area contributed by atoms with Crippen LogP contribution in [0.25, 0.3) is 0 Å². The van der Waals surface area contributed by atoms with E-state index in [2.05, 4.69) is 5.32 Å². The first-order valence-electron chi connectivity index (χ1n) is 5.24. The maximum atomic E-state index is 11.2. The van der Waals surface area contributed by atoms with Crippen molar-refractivity contribution in [2.24, 2.45) is 5.92 Å². The maximum absolute atomic E-state index is 11.2. The zero-order valence-electron chi connectivity index (χ0n) is 7.71. The Kier molecular flexibility index (Phi) is 1.48. The van der Waals surface area contributed by atoms with Gasteiger partial charge >= 0.3 is 5.97 Å². The van der Waals surface area contributed by atoms with E-state index in [1.807, 2.05) is 0 Å². The van der Waals surface area contributed by atoms with Gasteiger partial charge in [-0.25, -0.2) is 0 Å². The minimum absolute atomic E-state index is 0.00287. The van der Waals surface area contributed by atoms with Gasteiger partial charge in [0.1, 0.15) is 6.04 Å². The summed E-state index contributed by atoms with van der Waals surface area (Å²) in [5.74, 6) is 0.827. The molecule has 1 N–H and O–H groups in total. The molecule has 72 valence electrons. The van der Waals surface area contributed by atoms with Gasteiger partial charge in [0.25, 0.3) is 0 Å². The van der Waals surface area contributed by atoms with Gasteiger partial charge in [-0.15, -0.1) is 0 Å². The van der Waals surface area contributed by atoms with E-state index in [1.54, 1.807) is 0 Å². The van der Waals surface area contributed by atoms with Crippen LogP contribution in [-0.2, 0) is 9.53 Å². The van der Waals surface area contributed by atoms with Crippen molar-refractivity contribution in [2.75, 3.05) is 6.61 Å². The molecule has 3 heteroatoms. The van der Waals surface area contributed by atoms with Gasteiger partial charge in [0.2, 0.25) is 0 Å². The highest BCUT2D eigenvalue weighted by atomic mass is 16.5. The van der Waals surface area contributed by atoms with E-state index in [4.69, 9.17) is 4.74 Å². The monoisotopic (exact) mass is 181 g/mol. The topological polar surface area (TPSA) is 38.3 Å². The number of ether oxygens (including phenoxy) is 1. The van der Waals surface area contributed by atoms with Crippen LogP contribution in [0.2, 0.25) is 0 Å². The van der Waals surface area contributed by atoms with Crippen LogP contribution >= 0.6 is 0 Å². The van der Waals surface area contributed by atoms with Gasteiger partial charge in [0.05, 0.1) is 6.61 Å². The Hall–Kier alpha value is -0.570. The van der Waals surface area contributed by atoms with E-state index >= 15 is 0 Å². The second kappa shape index (κ2) is 2.47. The van der Waals surface area contributed by atoms with Gasteiger partial charge in [-0.2, -0.15) is 0 Å². The Balaban J connectivity index is 1.64. The Labute approximate surface area is 77.8 Å². The summed E-state index contributed by atoms with van der Waals surface area (Å²) in [6.45, 7) is 0.608. The van der Waals surface area contributed by atoms with Crippen LogP contribution in [0.4, 0.5) is 0 Å². The van der Waals surface area contributed by atoms with Crippen LogP contribution in [0, 0.1) is 5.92 Å². The van der Waals surface area contributed by atoms with Gasteiger partial charge in [-0.3, -0.25) is 10.1 Å². The van der Waals surface area contributed by atoms with E-state index in [-0.39, 0.29) is 12.0 Å². The third kappa shape index (κ3) is 1.26. The van der Waals surface area contributed by atoms with Crippen LogP contribution in [0.15, 0.2) is 0 Å². The first kappa shape index (κ1) is 7.80. The average molecular weight is 181 g/mol. The van der Waals surface area contributed by atoms with Crippen molar-refractivity contribution in [3.63, 3.8) is 0 Å². The molecule has 0 aromatic carbocycles. The average Bonchev–Trinajstić information content (AvgIpc) is 2.97. The quantitative estimate of drug-likeness (QED) is 0.655. The Morgan fingerprint density at radius 3 is 2.54 bits per heavy atom. The van der Waals surface area contributed by atoms with E-state index in [9.17, 15) is 4.79 Å². The molecule has 0 radical (unpaired) electrons. The van der Waals surface area contributed by atoms with Crippen molar-refractivity contribution in [1.29, 1.82) is 0 Å². The molecule has 1 unspecified atom stereocenters. The lowest BCUT2D eigenvalue weighted by Crippen LogP contribution is -2.44. The molecular formula is C10H15NO2. The first-order valence-corrected chi connectivity index (χ1v) is 5.24. The van der Waals surface area contributed by atoms with E-state index in [0.717, 1.165) is 12.3 Å². The predicted molar refractivity (Wildman–Crippen MR) is 47.2 cm³/mol. The van der Waals surface area contributed by atoms with Gasteiger partial charge in [-0.05, 0) is 31.6 Å². The summed E-state index contributed by atoms with van der Waals surface area (Å²) in [5, 5.41) is 3.50. The molecule has 3 fully saturated rings. The zero-order chi connectivity index (χ0) is 8.89. The van der Waals surface area contributed by atoms with Crippen molar-refractivity contribution in [2.45, 2.75) is 43.7 Å². The number of hydrogen-bond acceptors (Lipinski definition) is 3. The lowest BCUT2D eigenvalue weighted by atomic mass is 10.1. The molecule has 1 saturated heterocycles. The van der Waals surface area contributed by atoms with Crippen LogP contribution < -0.4 is 5.32 Å². The normalized spacial score (nSPS) is 36.0. The lowest BCUT2D eigenvalue weighted by Gasteiger charge is -2.19. The van der Waals surface area contributed by atoms with Crippen molar-refractivity contribution < 1.29 is 9.53 Å². The molecule has 13 heavy (non-hydrogen) atoms. The third-order valence-corrected chi connectivity index (χ3v) is 3.54. The molecule has 2 aliphatic carbocycles. The SMILES string of the molecule is O=C1OCCC1NC1(C2CC2)CC1. The Morgan fingerprint density at radius 2 is 2.08 bits per heavy atom. The number of carbonyl (C=O) groups excluding carboxylic acids is 1. The summed E-state index contributed by atoms with van der Waals surface area (Å²) in [6, 6.07) is 0.00287. The fourth-order valence-electron chi connectivity index (χ4n) is 2.41. The highest BCUT2D eigenvalue weighted by Gasteiger charge is 2.55. The highest BCUT2D eigenvalue weighted by molar-refractivity contribution is 5.77. The molecule has 0 bridgehead atoms. The van der Waals surface area contributed by atoms with Gasteiger partial charge in [0, 0.05) is 12.0 Å². The van der Waals surface area contributed by atoms with E-state index < -0.39 is 0 Å². The second-order valence-electron chi connectivity index (χ2n) is 4.58. The molecule has 2 saturated carbocycles. The molecule has 3 aliphatic rings. The minimum atomic E-state index is -0.0353. The van der Waals surface area contributed by atoms with Crippen LogP contribution in [0.3, 0.4) is 0 Å². The van der Waals surface area contributed by atoms with Crippen molar-refractivity contribution >= 4 is 5.97 Å². The molecule has 0 aromatic rings. The number of rotatable bonds is 3. The molecule has 0 spiro atoms. The zero-order valence-corrected chi connectivity index (χ0v) is 7.71. The molecule has 1 heterocycles. The van der Waals surface area contributed by atoms with E-state index in [1.165, 1.54) is 25.7 Å². The molecular weight excluding hydrogens is 166 g/mol. The number of nitrogens with one attached hydrogen (secondary N) is 1. The first-order chi connectivity index (χ1) is 6.30. The molecule has 0 aromatic heterocycles. The number of cyclic esters (lactones) is 1. The molecule has 1 atom stereocenters. The third-order valence-electron chi connectivity index (χ3n) is 3.54. The molecule has 3 rings (SSSR count). The fourth-order valence-corrected chi connectivity index (χ4v) is 2.41. The maximum Gasteiger partial charge on any atom is 0.323 e. The lowest BCUT2D eigenvalue weighted by molar-refractivity contribution is -0.139. The van der Waals surface area contributed by atoms with Crippen molar-refractivity contribution in [3.8, 4) is 0 Å². The minimum Gasteiger partial charge on any atom is -0.464 e. The summed E-state index contributed by atoms with van der Waals surface area (Å²) in [5.41, 5.74) is 0.355. The molecule has 0 amide bonds. The summed E-state index contributed by atoms with van der Waals surface area (Å²) < 4.78 is 4.94. The second-order valence-corrected chi connectivity index (χ2v) is 4.58. The van der Waals surface area contributed by atoms with Crippen LogP contribution in [-0.4, -0.2) is 24.2 Å².